The summed E-state index contributed by atoms with van der Waals surface area (Å²) < 4.78 is 0. The van der Waals surface area contributed by atoms with Crippen molar-refractivity contribution in [2.45, 2.75) is 129 Å². The Labute approximate surface area is 149 Å². The molecule has 0 aromatic rings. The second-order valence-electron chi connectivity index (χ2n) is 8.19. The van der Waals surface area contributed by atoms with E-state index in [4.69, 9.17) is 0 Å². The van der Waals surface area contributed by atoms with Crippen molar-refractivity contribution in [2.24, 2.45) is 0 Å². The summed E-state index contributed by atoms with van der Waals surface area (Å²) in [5, 5.41) is 0. The molecule has 0 aliphatic carbocycles. The molecule has 0 aliphatic heterocycles. The van der Waals surface area contributed by atoms with Crippen LogP contribution in [0.2, 0.25) is 19.1 Å². The Bertz CT molecular complexity index is 228. The van der Waals surface area contributed by atoms with Gasteiger partial charge >= 0.3 is 0 Å². The van der Waals surface area contributed by atoms with E-state index < -0.39 is 8.24 Å². The van der Waals surface area contributed by atoms with Crippen molar-refractivity contribution in [3.05, 3.63) is 0 Å². The first kappa shape index (κ1) is 23.2. The van der Waals surface area contributed by atoms with Crippen molar-refractivity contribution in [1.29, 1.82) is 0 Å². The van der Waals surface area contributed by atoms with Gasteiger partial charge < -0.3 is 4.98 Å². The number of unbranched alkanes of at least 4 members (excludes halogenated alkanes) is 15. The van der Waals surface area contributed by atoms with Gasteiger partial charge in [0, 0.05) is 0 Å². The van der Waals surface area contributed by atoms with Gasteiger partial charge in [-0.15, -0.1) is 0 Å². The molecule has 0 amide bonds. The van der Waals surface area contributed by atoms with Gasteiger partial charge in [0.05, 0.1) is 0 Å². The van der Waals surface area contributed by atoms with Crippen molar-refractivity contribution < 1.29 is 0 Å². The molecule has 0 unspecified atom stereocenters. The zero-order chi connectivity index (χ0) is 17.2. The van der Waals surface area contributed by atoms with Crippen LogP contribution in [0.5, 0.6) is 0 Å². The average Bonchev–Trinajstić information content (AvgIpc) is 2.54. The minimum Gasteiger partial charge on any atom is -0.340 e. The highest BCUT2D eigenvalue weighted by Gasteiger charge is 2.16. The van der Waals surface area contributed by atoms with E-state index in [0.717, 1.165) is 0 Å². The van der Waals surface area contributed by atoms with Crippen LogP contribution in [-0.4, -0.2) is 15.3 Å². The van der Waals surface area contributed by atoms with Gasteiger partial charge in [-0.1, -0.05) is 123 Å². The fourth-order valence-electron chi connectivity index (χ4n) is 3.24. The third-order valence-corrected chi connectivity index (χ3v) is 8.29. The topological polar surface area (TPSA) is 12.0 Å². The van der Waals surface area contributed by atoms with Crippen LogP contribution < -0.4 is 4.98 Å². The van der Waals surface area contributed by atoms with E-state index in [0.29, 0.717) is 0 Å². The maximum Gasteiger partial charge on any atom is 0.119 e. The predicted octanol–water partition coefficient (Wildman–Crippen LogP) is 7.67. The van der Waals surface area contributed by atoms with Gasteiger partial charge in [-0.2, -0.15) is 0 Å². The highest BCUT2D eigenvalue weighted by molar-refractivity contribution is 6.74. The van der Waals surface area contributed by atoms with Gasteiger partial charge in [-0.25, -0.2) is 0 Å². The molecular formula is C21H47NSi. The highest BCUT2D eigenvalue weighted by Crippen LogP contribution is 2.15. The molecule has 23 heavy (non-hydrogen) atoms. The van der Waals surface area contributed by atoms with Crippen molar-refractivity contribution in [2.75, 3.05) is 7.05 Å². The SMILES string of the molecule is CCCCCCCCCCCCCCCCCC[Si](C)(C)NC. The molecule has 1 N–H and O–H groups in total. The minimum atomic E-state index is -1.03. The summed E-state index contributed by atoms with van der Waals surface area (Å²) in [7, 11) is 1.10. The standard InChI is InChI=1S/C21H47NSi/c1-5-6-7-8-9-10-11-12-13-14-15-16-17-18-19-20-21-23(3,4)22-2/h22H,5-21H2,1-4H3. The molecule has 0 atom stereocenters. The van der Waals surface area contributed by atoms with Gasteiger partial charge in [-0.05, 0) is 13.1 Å². The van der Waals surface area contributed by atoms with Crippen LogP contribution in [0.3, 0.4) is 0 Å². The predicted molar refractivity (Wildman–Crippen MR) is 111 cm³/mol. The first-order valence-corrected chi connectivity index (χ1v) is 14.0. The second-order valence-corrected chi connectivity index (χ2v) is 13.0. The van der Waals surface area contributed by atoms with Gasteiger partial charge in [0.1, 0.15) is 8.24 Å². The van der Waals surface area contributed by atoms with Gasteiger partial charge in [0.2, 0.25) is 0 Å². The second kappa shape index (κ2) is 17.0. The lowest BCUT2D eigenvalue weighted by molar-refractivity contribution is 0.531. The molecule has 0 bridgehead atoms. The molecule has 140 valence electrons. The summed E-state index contributed by atoms with van der Waals surface area (Å²) in [6, 6.07) is 1.45. The number of hydrogen-bond donors (Lipinski definition) is 1. The Morgan fingerprint density at radius 1 is 0.522 bits per heavy atom. The van der Waals surface area contributed by atoms with E-state index in [1.165, 1.54) is 109 Å². The Balaban J connectivity index is 3.05. The fourth-order valence-corrected chi connectivity index (χ4v) is 4.62. The molecule has 1 nitrogen and oxygen atoms in total. The summed E-state index contributed by atoms with van der Waals surface area (Å²) in [4.78, 5) is 3.53. The summed E-state index contributed by atoms with van der Waals surface area (Å²) >= 11 is 0. The lowest BCUT2D eigenvalue weighted by atomic mass is 10.0. The normalized spacial score (nSPS) is 12.0. The van der Waals surface area contributed by atoms with Crippen molar-refractivity contribution >= 4 is 8.24 Å². The molecule has 0 aliphatic rings. The number of hydrogen-bond acceptors (Lipinski definition) is 1. The van der Waals surface area contributed by atoms with Crippen LogP contribution in [0.4, 0.5) is 0 Å². The van der Waals surface area contributed by atoms with E-state index in [2.05, 4.69) is 32.0 Å². The molecule has 0 radical (unpaired) electrons. The Morgan fingerprint density at radius 2 is 0.826 bits per heavy atom. The summed E-state index contributed by atoms with van der Waals surface area (Å²) in [6.45, 7) is 7.18. The Kier molecular flexibility index (Phi) is 17.1. The monoisotopic (exact) mass is 341 g/mol. The molecule has 0 heterocycles. The molecular weight excluding hydrogens is 294 g/mol. The zero-order valence-electron chi connectivity index (χ0n) is 17.0. The molecule has 0 aromatic heterocycles. The molecule has 0 rings (SSSR count). The van der Waals surface area contributed by atoms with Crippen LogP contribution in [-0.2, 0) is 0 Å². The fraction of sp³-hybridized carbons (Fsp3) is 1.00. The largest absolute Gasteiger partial charge is 0.340 e. The zero-order valence-corrected chi connectivity index (χ0v) is 18.0. The van der Waals surface area contributed by atoms with E-state index in [1.807, 2.05) is 0 Å². The van der Waals surface area contributed by atoms with Gasteiger partial charge in [0.25, 0.3) is 0 Å². The lowest BCUT2D eigenvalue weighted by Crippen LogP contribution is -2.41. The lowest BCUT2D eigenvalue weighted by Gasteiger charge is -2.20. The van der Waals surface area contributed by atoms with Crippen LogP contribution in [0, 0.1) is 0 Å². The smallest absolute Gasteiger partial charge is 0.119 e. The summed E-state index contributed by atoms with van der Waals surface area (Å²) in [5.41, 5.74) is 0. The maximum atomic E-state index is 3.53. The van der Waals surface area contributed by atoms with E-state index >= 15 is 0 Å². The molecule has 0 saturated heterocycles. The van der Waals surface area contributed by atoms with Crippen LogP contribution in [0.25, 0.3) is 0 Å². The number of nitrogens with one attached hydrogen (secondary N) is 1. The van der Waals surface area contributed by atoms with Gasteiger partial charge in [0.15, 0.2) is 0 Å². The minimum absolute atomic E-state index is 1.03. The van der Waals surface area contributed by atoms with E-state index in [-0.39, 0.29) is 0 Å². The first-order chi connectivity index (χ1) is 11.1. The molecule has 0 fully saturated rings. The van der Waals surface area contributed by atoms with Crippen LogP contribution >= 0.6 is 0 Å². The summed E-state index contributed by atoms with van der Waals surface area (Å²) in [6.07, 6.45) is 23.4. The van der Waals surface area contributed by atoms with Crippen molar-refractivity contribution in [3.63, 3.8) is 0 Å². The summed E-state index contributed by atoms with van der Waals surface area (Å²) in [5.74, 6) is 0. The molecule has 0 aromatic carbocycles. The van der Waals surface area contributed by atoms with Crippen molar-refractivity contribution in [3.8, 4) is 0 Å². The van der Waals surface area contributed by atoms with Crippen molar-refractivity contribution in [1.82, 2.24) is 4.98 Å². The van der Waals surface area contributed by atoms with Crippen LogP contribution in [0.1, 0.15) is 110 Å². The third-order valence-electron chi connectivity index (χ3n) is 5.33. The Hall–Kier alpha value is 0.177. The quantitative estimate of drug-likeness (QED) is 0.199. The molecule has 0 spiro atoms. The number of rotatable bonds is 18. The van der Waals surface area contributed by atoms with E-state index in [1.54, 1.807) is 0 Å². The Morgan fingerprint density at radius 3 is 1.13 bits per heavy atom. The van der Waals surface area contributed by atoms with E-state index in [9.17, 15) is 0 Å². The molecule has 0 saturated carbocycles. The third kappa shape index (κ3) is 18.4. The average molecular weight is 342 g/mol. The maximum absolute atomic E-state index is 3.53. The van der Waals surface area contributed by atoms with Gasteiger partial charge in [-0.3, -0.25) is 0 Å². The first-order valence-electron chi connectivity index (χ1n) is 10.8. The molecule has 2 heteroatoms. The van der Waals surface area contributed by atoms with Crippen LogP contribution in [0.15, 0.2) is 0 Å². The highest BCUT2D eigenvalue weighted by atomic mass is 28.3.